The fourth-order valence-corrected chi connectivity index (χ4v) is 14.1. The molecule has 0 bridgehead atoms. The van der Waals surface area contributed by atoms with Gasteiger partial charge >= 0.3 is 30.0 Å². The summed E-state index contributed by atoms with van der Waals surface area (Å²) in [4.78, 5) is 94.8. The lowest BCUT2D eigenvalue weighted by Gasteiger charge is -2.49. The van der Waals surface area contributed by atoms with E-state index in [1.165, 1.54) is 0 Å². The van der Waals surface area contributed by atoms with Gasteiger partial charge in [-0.2, -0.15) is 5.26 Å². The smallest absolute Gasteiger partial charge is 0.325 e. The van der Waals surface area contributed by atoms with E-state index in [0.717, 1.165) is 22.4 Å². The second-order valence-corrected chi connectivity index (χ2v) is 29.9. The van der Waals surface area contributed by atoms with Crippen molar-refractivity contribution in [1.82, 2.24) is 26.2 Å². The zero-order valence-corrected chi connectivity index (χ0v) is 51.9. The lowest BCUT2D eigenvalue weighted by molar-refractivity contribution is -0.166. The van der Waals surface area contributed by atoms with E-state index in [4.69, 9.17) is 14.7 Å². The number of ether oxygens (including phenoxy) is 2. The first-order chi connectivity index (χ1) is 35.2. The van der Waals surface area contributed by atoms with Gasteiger partial charge in [0.2, 0.25) is 5.91 Å². The Bertz CT molecular complexity index is 2530. The number of rotatable bonds is 25. The first kappa shape index (κ1) is 65.3. The van der Waals surface area contributed by atoms with E-state index < -0.39 is 89.2 Å². The van der Waals surface area contributed by atoms with Crippen LogP contribution in [0.3, 0.4) is 0 Å². The molecule has 3 aliphatic rings. The van der Waals surface area contributed by atoms with E-state index in [1.807, 2.05) is 80.5 Å². The predicted octanol–water partition coefficient (Wildman–Crippen LogP) is 11.2. The summed E-state index contributed by atoms with van der Waals surface area (Å²) in [6.07, 6.45) is 2.92. The number of aliphatic carboxylic acids is 1. The van der Waals surface area contributed by atoms with Crippen LogP contribution in [0.25, 0.3) is 0 Å². The van der Waals surface area contributed by atoms with Crippen molar-refractivity contribution in [2.75, 3.05) is 32.8 Å². The molecule has 1 aliphatic heterocycles. The Kier molecular flexibility index (Phi) is 18.2. The largest absolute Gasteiger partial charge is 0.481 e. The number of hydrogen-bond donors (Lipinski definition) is 5. The third kappa shape index (κ3) is 12.4. The average Bonchev–Trinajstić information content (AvgIpc) is 4.10. The fraction of sp³-hybridized carbons (Fsp3) is 0.774. The highest BCUT2D eigenvalue weighted by Gasteiger charge is 2.80. The molecule has 16 heteroatoms. The maximum atomic E-state index is 14.9. The minimum atomic E-state index is -1.08. The number of urea groups is 2. The summed E-state index contributed by atoms with van der Waals surface area (Å²) in [6, 6.07) is 9.17. The number of esters is 2. The second-order valence-electron chi connectivity index (χ2n) is 29.9. The molecule has 78 heavy (non-hydrogen) atoms. The summed E-state index contributed by atoms with van der Waals surface area (Å²) in [5, 5.41) is 31.1. The summed E-state index contributed by atoms with van der Waals surface area (Å²) in [5.41, 5.74) is -7.26. The highest BCUT2D eigenvalue weighted by molar-refractivity contribution is 6.06. The van der Waals surface area contributed by atoms with Crippen molar-refractivity contribution in [1.29, 1.82) is 5.26 Å². The molecule has 7 unspecified atom stereocenters. The van der Waals surface area contributed by atoms with Gasteiger partial charge in [-0.1, -0.05) is 128 Å². The van der Waals surface area contributed by atoms with Gasteiger partial charge in [0.1, 0.15) is 18.6 Å². The molecule has 5 N–H and O–H groups in total. The minimum absolute atomic E-state index is 0.00343. The van der Waals surface area contributed by atoms with Gasteiger partial charge in [0.15, 0.2) is 0 Å². The fourth-order valence-electron chi connectivity index (χ4n) is 14.1. The van der Waals surface area contributed by atoms with Crippen molar-refractivity contribution in [3.05, 3.63) is 35.4 Å². The molecule has 2 aliphatic carbocycles. The van der Waals surface area contributed by atoms with Gasteiger partial charge in [-0.05, 0) is 142 Å². The number of nitrogens with zero attached hydrogens (tertiary/aromatic N) is 2. The van der Waals surface area contributed by atoms with Crippen LogP contribution in [0.5, 0.6) is 0 Å². The zero-order valence-electron chi connectivity index (χ0n) is 51.9. The molecule has 0 radical (unpaired) electrons. The molecule has 438 valence electrons. The number of amides is 6. The Hall–Kier alpha value is -5.20. The van der Waals surface area contributed by atoms with Gasteiger partial charge in [-0.25, -0.2) is 9.59 Å². The molecule has 0 spiro atoms. The lowest BCUT2D eigenvalue weighted by atomic mass is 9.54. The molecule has 16 nitrogen and oxygen atoms in total. The number of hydrogen-bond acceptors (Lipinski definition) is 10. The normalized spacial score (nSPS) is 25.3. The summed E-state index contributed by atoms with van der Waals surface area (Å²) in [7, 11) is 0. The van der Waals surface area contributed by atoms with Crippen LogP contribution < -0.4 is 21.3 Å². The number of carboxylic acid groups (broad SMARTS) is 1. The van der Waals surface area contributed by atoms with E-state index in [0.29, 0.717) is 32.1 Å². The van der Waals surface area contributed by atoms with E-state index in [-0.39, 0.29) is 68.4 Å². The van der Waals surface area contributed by atoms with Crippen LogP contribution in [-0.2, 0) is 44.4 Å². The molecule has 1 heterocycles. The predicted molar refractivity (Wildman–Crippen MR) is 302 cm³/mol. The first-order valence-electron chi connectivity index (χ1n) is 28.2. The Morgan fingerprint density at radius 2 is 1.41 bits per heavy atom. The van der Waals surface area contributed by atoms with E-state index >= 15 is 0 Å². The molecular weight excluding hydrogens is 989 g/mol. The molecule has 1 aromatic carbocycles. The second kappa shape index (κ2) is 21.7. The molecule has 3 fully saturated rings. The molecular formula is C62H100N6O10. The Morgan fingerprint density at radius 3 is 1.92 bits per heavy atom. The highest BCUT2D eigenvalue weighted by Crippen LogP contribution is 2.83. The lowest BCUT2D eigenvalue weighted by Crippen LogP contribution is -2.49. The van der Waals surface area contributed by atoms with Crippen LogP contribution in [0.1, 0.15) is 208 Å². The van der Waals surface area contributed by atoms with Gasteiger partial charge in [-0.15, -0.1) is 0 Å². The molecule has 1 aromatic rings. The van der Waals surface area contributed by atoms with Crippen molar-refractivity contribution in [2.24, 2.45) is 60.1 Å². The third-order valence-corrected chi connectivity index (χ3v) is 20.3. The van der Waals surface area contributed by atoms with Crippen molar-refractivity contribution in [3.63, 3.8) is 0 Å². The van der Waals surface area contributed by atoms with Crippen LogP contribution in [0.4, 0.5) is 9.59 Å². The maximum absolute atomic E-state index is 14.9. The quantitative estimate of drug-likeness (QED) is 0.0351. The molecule has 6 amide bonds. The number of carbonyl (C=O) groups is 7. The minimum Gasteiger partial charge on any atom is -0.481 e. The van der Waals surface area contributed by atoms with Gasteiger partial charge < -0.3 is 35.8 Å². The zero-order chi connectivity index (χ0) is 60.1. The Labute approximate surface area is 467 Å². The van der Waals surface area contributed by atoms with Crippen LogP contribution in [0.15, 0.2) is 24.3 Å². The standard InChI is InChI=1S/C62H100N6O10/c1-23-77-47(74)62(35-52(9,10)40(2)57(19,45(71)72)34-50(3,4)5)39-60(62,22)54(13,14)37-61(38-59(61,21)53(11,12)36-58(20,51(6,7)8)46(73)78-32-30-64-43(69)27-28-63)42-26-24-25-41(33-42)55(15,16)66-48(75)65-29-31-68-44(70)56(17,18)67-49(68)76/h24-26,33,40H,23,27,29-32,34-39H2,1-22H3,(H,64,69)(H,67,76)(H,71,72)(H2,65,66,75). The number of nitriles is 1. The number of benzene rings is 1. The van der Waals surface area contributed by atoms with Crippen LogP contribution in [0.2, 0.25) is 0 Å². The molecule has 2 saturated carbocycles. The Morgan fingerprint density at radius 1 is 0.808 bits per heavy atom. The van der Waals surface area contributed by atoms with Crippen molar-refractivity contribution < 1.29 is 48.1 Å². The van der Waals surface area contributed by atoms with Crippen LogP contribution >= 0.6 is 0 Å². The SMILES string of the molecule is CCOC(=O)C1(CC(C)(C)C(C)C(C)(CC(C)(C)C)C(=O)O)CC1(C)C(C)(C)CC1(c2cccc(C(C)(C)NC(=O)NCCN3C(=O)NC(C)(C)C3=O)c2)CC1(C)C(C)(C)CC(C)(C(=O)OCCNC(=O)CC#N)C(C)(C)C. The highest BCUT2D eigenvalue weighted by atomic mass is 16.5. The Balaban J connectivity index is 1.83. The van der Waals surface area contributed by atoms with Gasteiger partial charge in [-0.3, -0.25) is 28.9 Å². The van der Waals surface area contributed by atoms with Crippen molar-refractivity contribution in [2.45, 2.75) is 214 Å². The van der Waals surface area contributed by atoms with E-state index in [2.05, 4.69) is 110 Å². The average molecular weight is 1090 g/mol. The third-order valence-electron chi connectivity index (χ3n) is 20.3. The number of imide groups is 1. The van der Waals surface area contributed by atoms with Gasteiger partial charge in [0, 0.05) is 18.5 Å². The summed E-state index contributed by atoms with van der Waals surface area (Å²) in [5.74, 6) is -2.64. The molecule has 7 atom stereocenters. The van der Waals surface area contributed by atoms with Crippen molar-refractivity contribution >= 4 is 41.8 Å². The van der Waals surface area contributed by atoms with Crippen LogP contribution in [0, 0.1) is 71.4 Å². The van der Waals surface area contributed by atoms with Gasteiger partial charge in [0.05, 0.1) is 41.0 Å². The summed E-state index contributed by atoms with van der Waals surface area (Å²) >= 11 is 0. The maximum Gasteiger partial charge on any atom is 0.325 e. The molecule has 0 aromatic heterocycles. The molecule has 4 rings (SSSR count). The van der Waals surface area contributed by atoms with Gasteiger partial charge in [0.25, 0.3) is 5.91 Å². The van der Waals surface area contributed by atoms with E-state index in [1.54, 1.807) is 13.8 Å². The topological polar surface area (TPSA) is 233 Å². The number of carboxylic acids is 1. The number of nitrogens with one attached hydrogen (secondary N) is 4. The monoisotopic (exact) mass is 1090 g/mol. The summed E-state index contributed by atoms with van der Waals surface area (Å²) < 4.78 is 12.0. The summed E-state index contributed by atoms with van der Waals surface area (Å²) in [6.45, 7) is 45.0. The van der Waals surface area contributed by atoms with Crippen LogP contribution in [-0.4, -0.2) is 90.2 Å². The first-order valence-corrected chi connectivity index (χ1v) is 28.2. The number of carbonyl (C=O) groups excluding carboxylic acids is 6. The van der Waals surface area contributed by atoms with E-state index in [9.17, 15) is 38.7 Å². The van der Waals surface area contributed by atoms with Crippen molar-refractivity contribution in [3.8, 4) is 6.07 Å². The molecule has 1 saturated heterocycles.